The van der Waals surface area contributed by atoms with Crippen LogP contribution in [-0.2, 0) is 11.2 Å². The zero-order valence-corrected chi connectivity index (χ0v) is 15.4. The summed E-state index contributed by atoms with van der Waals surface area (Å²) in [6, 6.07) is 8.20. The minimum atomic E-state index is -1.48. The van der Waals surface area contributed by atoms with Gasteiger partial charge in [-0.05, 0) is 49.1 Å². The summed E-state index contributed by atoms with van der Waals surface area (Å²) in [5.74, 6) is -1.13. The molecule has 0 aliphatic heterocycles. The Labute approximate surface area is 160 Å². The summed E-state index contributed by atoms with van der Waals surface area (Å²) in [6.07, 6.45) is 2.39. The van der Waals surface area contributed by atoms with Crippen LogP contribution in [-0.4, -0.2) is 26.8 Å². The minimum Gasteiger partial charge on any atom is -0.475 e. The smallest absolute Gasteiger partial charge is 0.377 e. The van der Waals surface area contributed by atoms with Crippen molar-refractivity contribution in [1.82, 2.24) is 9.97 Å². The number of thiophene rings is 1. The maximum absolute atomic E-state index is 11.5. The lowest BCUT2D eigenvalue weighted by Gasteiger charge is -2.14. The van der Waals surface area contributed by atoms with Crippen LogP contribution in [0.25, 0.3) is 11.4 Å². The van der Waals surface area contributed by atoms with Crippen molar-refractivity contribution in [1.29, 1.82) is 0 Å². The Hall–Kier alpha value is -3.32. The topological polar surface area (TPSA) is 92.2 Å². The van der Waals surface area contributed by atoms with Crippen LogP contribution in [0.4, 0.5) is 11.5 Å². The van der Waals surface area contributed by atoms with Crippen molar-refractivity contribution in [2.45, 2.75) is 13.3 Å². The summed E-state index contributed by atoms with van der Waals surface area (Å²) >= 11 is 1.57. The van der Waals surface area contributed by atoms with E-state index < -0.39 is 11.8 Å². The van der Waals surface area contributed by atoms with Gasteiger partial charge >= 0.3 is 5.97 Å². The second-order valence-corrected chi connectivity index (χ2v) is 6.58. The third-order valence-electron chi connectivity index (χ3n) is 3.95. The molecule has 0 saturated carbocycles. The fourth-order valence-electron chi connectivity index (χ4n) is 2.57. The Bertz CT molecular complexity index is 996. The molecular formula is C20H17N3O3S. The fourth-order valence-corrected chi connectivity index (χ4v) is 3.21. The van der Waals surface area contributed by atoms with Crippen molar-refractivity contribution >= 4 is 34.6 Å². The minimum absolute atomic E-state index is 0.122. The number of nitrogens with zero attached hydrogens (tertiary/aromatic N) is 2. The molecule has 1 aromatic carbocycles. The predicted octanol–water partition coefficient (Wildman–Crippen LogP) is 4.25. The number of ketones is 1. The van der Waals surface area contributed by atoms with Crippen LogP contribution >= 0.6 is 11.3 Å². The number of carbonyl (C=O) groups excluding carboxylic acids is 1. The van der Waals surface area contributed by atoms with E-state index in [9.17, 15) is 9.59 Å². The summed E-state index contributed by atoms with van der Waals surface area (Å²) < 4.78 is 0. The molecular weight excluding hydrogens is 362 g/mol. The zero-order chi connectivity index (χ0) is 19.4. The zero-order valence-electron chi connectivity index (χ0n) is 14.6. The molecule has 2 heterocycles. The molecule has 6 nitrogen and oxygen atoms in total. The van der Waals surface area contributed by atoms with E-state index >= 15 is 0 Å². The quantitative estimate of drug-likeness (QED) is 0.362. The van der Waals surface area contributed by atoms with Crippen molar-refractivity contribution in [3.63, 3.8) is 0 Å². The van der Waals surface area contributed by atoms with Crippen molar-refractivity contribution in [2.24, 2.45) is 0 Å². The number of benzene rings is 1. The van der Waals surface area contributed by atoms with Crippen molar-refractivity contribution in [3.8, 4) is 11.4 Å². The first-order valence-corrected chi connectivity index (χ1v) is 9.09. The molecule has 0 spiro atoms. The van der Waals surface area contributed by atoms with Crippen LogP contribution in [0.15, 0.2) is 53.7 Å². The average Bonchev–Trinajstić information content (AvgIpc) is 3.19. The largest absolute Gasteiger partial charge is 0.475 e. The molecule has 0 unspecified atom stereocenters. The first-order valence-electron chi connectivity index (χ1n) is 8.15. The molecule has 27 heavy (non-hydrogen) atoms. The number of rotatable bonds is 7. The first kappa shape index (κ1) is 18.5. The van der Waals surface area contributed by atoms with Gasteiger partial charge in [0.1, 0.15) is 5.82 Å². The summed E-state index contributed by atoms with van der Waals surface area (Å²) in [5, 5.41) is 16.0. The maximum Gasteiger partial charge on any atom is 0.377 e. The van der Waals surface area contributed by atoms with Crippen LogP contribution in [0.1, 0.15) is 21.6 Å². The van der Waals surface area contributed by atoms with Gasteiger partial charge in [-0.15, -0.1) is 6.58 Å². The number of nitrogens with one attached hydrogen (secondary N) is 1. The van der Waals surface area contributed by atoms with E-state index in [1.807, 2.05) is 23.8 Å². The van der Waals surface area contributed by atoms with Gasteiger partial charge in [0.25, 0.3) is 5.78 Å². The Balaban J connectivity index is 1.96. The number of aryl methyl sites for hydroxylation is 1. The van der Waals surface area contributed by atoms with Gasteiger partial charge in [-0.25, -0.2) is 14.8 Å². The van der Waals surface area contributed by atoms with Gasteiger partial charge in [-0.3, -0.25) is 4.79 Å². The van der Waals surface area contributed by atoms with Crippen LogP contribution in [0.3, 0.4) is 0 Å². The fraction of sp³-hybridized carbons (Fsp3) is 0.100. The number of anilines is 2. The number of aliphatic carboxylic acids is 1. The van der Waals surface area contributed by atoms with E-state index in [4.69, 9.17) is 5.11 Å². The molecule has 3 aromatic rings. The van der Waals surface area contributed by atoms with Gasteiger partial charge in [0.05, 0.1) is 0 Å². The predicted molar refractivity (Wildman–Crippen MR) is 106 cm³/mol. The Kier molecular flexibility index (Phi) is 5.42. The number of Topliss-reactive ketones (excluding diaryl/α,β-unsaturated/α-hetero) is 1. The number of aromatic nitrogens is 2. The lowest BCUT2D eigenvalue weighted by atomic mass is 10.1. The highest BCUT2D eigenvalue weighted by molar-refractivity contribution is 7.08. The molecule has 2 N–H and O–H groups in total. The van der Waals surface area contributed by atoms with E-state index in [1.54, 1.807) is 29.5 Å². The molecule has 0 aliphatic rings. The summed E-state index contributed by atoms with van der Waals surface area (Å²) in [4.78, 5) is 31.6. The number of hydrogen-bond acceptors (Lipinski definition) is 6. The third kappa shape index (κ3) is 4.09. The average molecular weight is 379 g/mol. The molecule has 0 amide bonds. The van der Waals surface area contributed by atoms with E-state index in [-0.39, 0.29) is 5.56 Å². The van der Waals surface area contributed by atoms with Crippen LogP contribution in [0, 0.1) is 6.92 Å². The van der Waals surface area contributed by atoms with Crippen LogP contribution in [0.2, 0.25) is 0 Å². The van der Waals surface area contributed by atoms with Crippen LogP contribution in [0.5, 0.6) is 0 Å². The number of carboxylic acid groups (broad SMARTS) is 1. The molecule has 0 fully saturated rings. The highest BCUT2D eigenvalue weighted by Gasteiger charge is 2.15. The molecule has 0 aliphatic carbocycles. The molecule has 2 aromatic heterocycles. The molecule has 136 valence electrons. The SMILES string of the molecule is C=CCc1c(C)nc(-c2ccsc2)nc1Nc1ccc(C(=O)C(=O)O)cc1. The maximum atomic E-state index is 11.5. The van der Waals surface area contributed by atoms with Gasteiger partial charge in [-0.1, -0.05) is 6.08 Å². The standard InChI is InChI=1S/C20H17N3O3S/c1-3-4-16-12(2)21-18(14-9-10-27-11-14)23-19(16)22-15-7-5-13(6-8-15)17(24)20(25)26/h3,5-11H,1,4H2,2H3,(H,25,26)(H,21,22,23). The normalized spacial score (nSPS) is 10.4. The summed E-state index contributed by atoms with van der Waals surface area (Å²) in [7, 11) is 0. The Morgan fingerprint density at radius 3 is 2.56 bits per heavy atom. The van der Waals surface area contributed by atoms with E-state index in [0.717, 1.165) is 16.8 Å². The van der Waals surface area contributed by atoms with Crippen molar-refractivity contribution < 1.29 is 14.7 Å². The monoisotopic (exact) mass is 379 g/mol. The number of hydrogen-bond donors (Lipinski definition) is 2. The van der Waals surface area contributed by atoms with Crippen LogP contribution < -0.4 is 5.32 Å². The van der Waals surface area contributed by atoms with E-state index in [0.29, 0.717) is 23.8 Å². The molecule has 3 rings (SSSR count). The van der Waals surface area contributed by atoms with Gasteiger partial charge in [-0.2, -0.15) is 11.3 Å². The van der Waals surface area contributed by atoms with Gasteiger partial charge < -0.3 is 10.4 Å². The van der Waals surface area contributed by atoms with Gasteiger partial charge in [0, 0.05) is 33.5 Å². The molecule has 0 bridgehead atoms. The van der Waals surface area contributed by atoms with E-state index in [1.165, 1.54) is 12.1 Å². The third-order valence-corrected chi connectivity index (χ3v) is 4.63. The molecule has 7 heteroatoms. The van der Waals surface area contributed by atoms with Crippen molar-refractivity contribution in [2.75, 3.05) is 5.32 Å². The summed E-state index contributed by atoms with van der Waals surface area (Å²) in [6.45, 7) is 5.72. The first-order chi connectivity index (χ1) is 13.0. The number of carbonyl (C=O) groups is 2. The van der Waals surface area contributed by atoms with Crippen molar-refractivity contribution in [3.05, 3.63) is 70.6 Å². The second-order valence-electron chi connectivity index (χ2n) is 5.80. The molecule has 0 saturated heterocycles. The highest BCUT2D eigenvalue weighted by Crippen LogP contribution is 2.27. The molecule has 0 atom stereocenters. The lowest BCUT2D eigenvalue weighted by molar-refractivity contribution is -0.131. The number of allylic oxidation sites excluding steroid dienone is 1. The Morgan fingerprint density at radius 2 is 1.96 bits per heavy atom. The van der Waals surface area contributed by atoms with E-state index in [2.05, 4.69) is 21.9 Å². The number of carboxylic acids is 1. The Morgan fingerprint density at radius 1 is 1.22 bits per heavy atom. The highest BCUT2D eigenvalue weighted by atomic mass is 32.1. The lowest BCUT2D eigenvalue weighted by Crippen LogP contribution is -2.12. The molecule has 0 radical (unpaired) electrons. The second kappa shape index (κ2) is 7.92. The van der Waals surface area contributed by atoms with Gasteiger partial charge in [0.15, 0.2) is 5.82 Å². The summed E-state index contributed by atoms with van der Waals surface area (Å²) in [5.41, 5.74) is 3.54. The van der Waals surface area contributed by atoms with Gasteiger partial charge in [0.2, 0.25) is 0 Å².